The molecule has 1 heterocycles. The average Bonchev–Trinajstić information content (AvgIpc) is 2.70. The predicted molar refractivity (Wildman–Crippen MR) is 63.4 cm³/mol. The molecule has 0 aromatic heterocycles. The maximum atomic E-state index is 11.5. The van der Waals surface area contributed by atoms with Gasteiger partial charge in [0.1, 0.15) is 0 Å². The second-order valence-electron chi connectivity index (χ2n) is 5.14. The second kappa shape index (κ2) is 5.50. The highest BCUT2D eigenvalue weighted by molar-refractivity contribution is 6.01. The van der Waals surface area contributed by atoms with E-state index in [1.807, 2.05) is 0 Å². The Morgan fingerprint density at radius 1 is 1.17 bits per heavy atom. The third-order valence-electron chi connectivity index (χ3n) is 3.98. The number of nitrogens with zero attached hydrogens (tertiary/aromatic N) is 1. The summed E-state index contributed by atoms with van der Waals surface area (Å²) in [6, 6.07) is 0. The lowest BCUT2D eigenvalue weighted by Crippen LogP contribution is -2.36. The highest BCUT2D eigenvalue weighted by Crippen LogP contribution is 2.31. The number of esters is 1. The van der Waals surface area contributed by atoms with Crippen LogP contribution in [-0.2, 0) is 19.1 Å². The van der Waals surface area contributed by atoms with Gasteiger partial charge >= 0.3 is 5.97 Å². The zero-order valence-corrected chi connectivity index (χ0v) is 10.7. The predicted octanol–water partition coefficient (Wildman–Crippen LogP) is 1.11. The molecule has 0 unspecified atom stereocenters. The molecule has 0 atom stereocenters. The fraction of sp³-hybridized carbons (Fsp3) is 0.769. The summed E-state index contributed by atoms with van der Waals surface area (Å²) in [7, 11) is 1.41. The van der Waals surface area contributed by atoms with E-state index < -0.39 is 0 Å². The molecule has 2 amide bonds. The molecule has 1 aliphatic heterocycles. The van der Waals surface area contributed by atoms with Gasteiger partial charge in [-0.25, -0.2) is 0 Å². The van der Waals surface area contributed by atoms with Crippen LogP contribution in [0.5, 0.6) is 0 Å². The first-order valence-corrected chi connectivity index (χ1v) is 6.53. The zero-order valence-electron chi connectivity index (χ0n) is 10.7. The van der Waals surface area contributed by atoms with E-state index in [0.717, 1.165) is 25.7 Å². The van der Waals surface area contributed by atoms with Gasteiger partial charge in [-0.1, -0.05) is 0 Å². The second-order valence-corrected chi connectivity index (χ2v) is 5.14. The Morgan fingerprint density at radius 2 is 1.72 bits per heavy atom. The first-order chi connectivity index (χ1) is 8.61. The van der Waals surface area contributed by atoms with Crippen LogP contribution in [0.15, 0.2) is 0 Å². The maximum Gasteiger partial charge on any atom is 0.308 e. The summed E-state index contributed by atoms with van der Waals surface area (Å²) in [6.07, 6.45) is 4.08. The van der Waals surface area contributed by atoms with Gasteiger partial charge in [0.05, 0.1) is 13.0 Å². The number of imide groups is 1. The van der Waals surface area contributed by atoms with Crippen molar-refractivity contribution in [3.63, 3.8) is 0 Å². The molecule has 5 heteroatoms. The zero-order chi connectivity index (χ0) is 13.1. The van der Waals surface area contributed by atoms with Gasteiger partial charge in [-0.15, -0.1) is 0 Å². The summed E-state index contributed by atoms with van der Waals surface area (Å²) in [4.78, 5) is 35.8. The lowest BCUT2D eigenvalue weighted by Gasteiger charge is -2.29. The van der Waals surface area contributed by atoms with Crippen molar-refractivity contribution >= 4 is 17.8 Å². The van der Waals surface area contributed by atoms with Gasteiger partial charge in [0.2, 0.25) is 11.8 Å². The molecule has 5 nitrogen and oxygen atoms in total. The largest absolute Gasteiger partial charge is 0.469 e. The third-order valence-corrected chi connectivity index (χ3v) is 3.98. The van der Waals surface area contributed by atoms with Crippen LogP contribution in [-0.4, -0.2) is 36.3 Å². The van der Waals surface area contributed by atoms with E-state index in [1.54, 1.807) is 0 Å². The van der Waals surface area contributed by atoms with Gasteiger partial charge in [0.15, 0.2) is 0 Å². The number of ether oxygens (including phenoxy) is 1. The maximum absolute atomic E-state index is 11.5. The molecule has 1 aliphatic carbocycles. The van der Waals surface area contributed by atoms with Gasteiger partial charge in [-0.3, -0.25) is 19.3 Å². The Bertz CT molecular complexity index is 342. The molecule has 0 spiro atoms. The highest BCUT2D eigenvalue weighted by Gasteiger charge is 2.33. The van der Waals surface area contributed by atoms with Crippen LogP contribution in [0.3, 0.4) is 0 Å². The SMILES string of the molecule is COC(=O)C1CCC(CN2C(=O)CCC2=O)CC1. The standard InChI is InChI=1S/C13H19NO4/c1-18-13(17)10-4-2-9(3-5-10)8-14-11(15)6-7-12(14)16/h9-10H,2-8H2,1H3. The minimum Gasteiger partial charge on any atom is -0.469 e. The molecule has 18 heavy (non-hydrogen) atoms. The van der Waals surface area contributed by atoms with Crippen molar-refractivity contribution in [3.8, 4) is 0 Å². The van der Waals surface area contributed by atoms with Crippen molar-refractivity contribution in [1.29, 1.82) is 0 Å². The average molecular weight is 253 g/mol. The van der Waals surface area contributed by atoms with Crippen LogP contribution in [0.1, 0.15) is 38.5 Å². The van der Waals surface area contributed by atoms with E-state index in [0.29, 0.717) is 25.3 Å². The molecule has 0 N–H and O–H groups in total. The van der Waals surface area contributed by atoms with Gasteiger partial charge in [-0.2, -0.15) is 0 Å². The van der Waals surface area contributed by atoms with Crippen molar-refractivity contribution < 1.29 is 19.1 Å². The lowest BCUT2D eigenvalue weighted by atomic mass is 9.82. The lowest BCUT2D eigenvalue weighted by molar-refractivity contribution is -0.147. The minimum atomic E-state index is -0.137. The molecule has 0 radical (unpaired) electrons. The Morgan fingerprint density at radius 3 is 2.22 bits per heavy atom. The van der Waals surface area contributed by atoms with E-state index in [1.165, 1.54) is 12.0 Å². The molecule has 2 aliphatic rings. The number of hydrogen-bond donors (Lipinski definition) is 0. The van der Waals surface area contributed by atoms with Crippen LogP contribution >= 0.6 is 0 Å². The van der Waals surface area contributed by atoms with Crippen LogP contribution in [0.25, 0.3) is 0 Å². The molecule has 1 saturated heterocycles. The quantitative estimate of drug-likeness (QED) is 0.558. The summed E-state index contributed by atoms with van der Waals surface area (Å²) in [5.74, 6) is 0.111. The van der Waals surface area contributed by atoms with E-state index in [2.05, 4.69) is 0 Å². The number of rotatable bonds is 3. The van der Waals surface area contributed by atoms with Gasteiger partial charge < -0.3 is 4.74 Å². The van der Waals surface area contributed by atoms with Crippen LogP contribution in [0.4, 0.5) is 0 Å². The molecule has 2 fully saturated rings. The van der Waals surface area contributed by atoms with Crippen molar-refractivity contribution in [3.05, 3.63) is 0 Å². The summed E-state index contributed by atoms with van der Waals surface area (Å²) < 4.78 is 4.73. The van der Waals surface area contributed by atoms with Gasteiger partial charge in [0, 0.05) is 19.4 Å². The Kier molecular flexibility index (Phi) is 3.99. The van der Waals surface area contributed by atoms with Gasteiger partial charge in [-0.05, 0) is 31.6 Å². The molecule has 0 aromatic rings. The molecule has 1 saturated carbocycles. The monoisotopic (exact) mass is 253 g/mol. The Hall–Kier alpha value is -1.39. The van der Waals surface area contributed by atoms with Crippen molar-refractivity contribution in [2.24, 2.45) is 11.8 Å². The molecular weight excluding hydrogens is 234 g/mol. The normalized spacial score (nSPS) is 28.6. The Labute approximate surface area is 106 Å². The molecule has 0 bridgehead atoms. The van der Waals surface area contributed by atoms with E-state index in [-0.39, 0.29) is 23.7 Å². The molecular formula is C13H19NO4. The number of likely N-dealkylation sites (tertiary alicyclic amines) is 1. The molecule has 0 aromatic carbocycles. The first kappa shape index (κ1) is 13.1. The van der Waals surface area contributed by atoms with Crippen LogP contribution in [0, 0.1) is 11.8 Å². The number of amides is 2. The topological polar surface area (TPSA) is 63.7 Å². The van der Waals surface area contributed by atoms with Crippen molar-refractivity contribution in [2.45, 2.75) is 38.5 Å². The smallest absolute Gasteiger partial charge is 0.308 e. The van der Waals surface area contributed by atoms with Crippen molar-refractivity contribution in [1.82, 2.24) is 4.90 Å². The van der Waals surface area contributed by atoms with Crippen LogP contribution in [0.2, 0.25) is 0 Å². The summed E-state index contributed by atoms with van der Waals surface area (Å²) >= 11 is 0. The molecule has 2 rings (SSSR count). The Balaban J connectivity index is 1.82. The molecule has 100 valence electrons. The third kappa shape index (κ3) is 2.71. The summed E-state index contributed by atoms with van der Waals surface area (Å²) in [6.45, 7) is 0.533. The van der Waals surface area contributed by atoms with Crippen molar-refractivity contribution in [2.75, 3.05) is 13.7 Å². The van der Waals surface area contributed by atoms with Gasteiger partial charge in [0.25, 0.3) is 0 Å². The minimum absolute atomic E-state index is 0.00349. The van der Waals surface area contributed by atoms with E-state index in [9.17, 15) is 14.4 Å². The van der Waals surface area contributed by atoms with E-state index in [4.69, 9.17) is 4.74 Å². The summed E-state index contributed by atoms with van der Waals surface area (Å²) in [5.41, 5.74) is 0. The fourth-order valence-corrected chi connectivity index (χ4v) is 2.83. The van der Waals surface area contributed by atoms with E-state index >= 15 is 0 Å². The number of hydrogen-bond acceptors (Lipinski definition) is 4. The van der Waals surface area contributed by atoms with Crippen LogP contribution < -0.4 is 0 Å². The number of methoxy groups -OCH3 is 1. The number of carbonyl (C=O) groups is 3. The number of carbonyl (C=O) groups excluding carboxylic acids is 3. The summed E-state index contributed by atoms with van der Waals surface area (Å²) in [5, 5.41) is 0. The first-order valence-electron chi connectivity index (χ1n) is 6.53. The highest BCUT2D eigenvalue weighted by atomic mass is 16.5. The fourth-order valence-electron chi connectivity index (χ4n) is 2.83.